The monoisotopic (exact) mass is 395 g/mol. The van der Waals surface area contributed by atoms with Gasteiger partial charge in [-0.25, -0.2) is 0 Å². The molecule has 1 unspecified atom stereocenters. The van der Waals surface area contributed by atoms with Crippen LogP contribution in [0.3, 0.4) is 0 Å². The zero-order valence-electron chi connectivity index (χ0n) is 16.6. The minimum Gasteiger partial charge on any atom is -0.356 e. The number of rotatable bonds is 3. The SMILES string of the molecule is Cc1ccc(C2c3[nH]c4ccccc4c3CCN2C(=O)c2ccc(N=O)cc2)cc1. The molecule has 1 amide bonds. The van der Waals surface area contributed by atoms with Crippen molar-refractivity contribution < 1.29 is 4.79 Å². The maximum atomic E-state index is 13.5. The number of aromatic nitrogens is 1. The van der Waals surface area contributed by atoms with Gasteiger partial charge < -0.3 is 9.88 Å². The molecule has 0 saturated carbocycles. The maximum absolute atomic E-state index is 13.5. The Morgan fingerprint density at radius 2 is 1.73 bits per heavy atom. The van der Waals surface area contributed by atoms with Gasteiger partial charge in [-0.15, -0.1) is 4.91 Å². The number of benzene rings is 3. The lowest BCUT2D eigenvalue weighted by atomic mass is 9.91. The quantitative estimate of drug-likeness (QED) is 0.455. The van der Waals surface area contributed by atoms with Crippen LogP contribution >= 0.6 is 0 Å². The number of aryl methyl sites for hydroxylation is 1. The van der Waals surface area contributed by atoms with E-state index in [1.165, 1.54) is 16.5 Å². The first-order valence-corrected chi connectivity index (χ1v) is 10.1. The Kier molecular flexibility index (Phi) is 4.43. The number of carbonyl (C=O) groups is 1. The average molecular weight is 395 g/mol. The molecule has 0 radical (unpaired) electrons. The predicted octanol–water partition coefficient (Wildman–Crippen LogP) is 5.66. The third kappa shape index (κ3) is 2.99. The molecular weight excluding hydrogens is 374 g/mol. The Morgan fingerprint density at radius 1 is 1.00 bits per heavy atom. The largest absolute Gasteiger partial charge is 0.356 e. The zero-order valence-corrected chi connectivity index (χ0v) is 16.6. The zero-order chi connectivity index (χ0) is 20.7. The highest BCUT2D eigenvalue weighted by Crippen LogP contribution is 2.39. The number of nitrogens with one attached hydrogen (secondary N) is 1. The highest BCUT2D eigenvalue weighted by molar-refractivity contribution is 5.96. The summed E-state index contributed by atoms with van der Waals surface area (Å²) in [4.78, 5) is 29.7. The van der Waals surface area contributed by atoms with Gasteiger partial charge in [-0.3, -0.25) is 4.79 Å². The van der Waals surface area contributed by atoms with Crippen molar-refractivity contribution in [2.75, 3.05) is 6.54 Å². The van der Waals surface area contributed by atoms with Crippen LogP contribution < -0.4 is 0 Å². The molecule has 1 aliphatic rings. The van der Waals surface area contributed by atoms with E-state index in [1.54, 1.807) is 24.3 Å². The fourth-order valence-electron chi connectivity index (χ4n) is 4.39. The van der Waals surface area contributed by atoms with E-state index in [9.17, 15) is 9.70 Å². The molecule has 1 aromatic heterocycles. The van der Waals surface area contributed by atoms with Crippen LogP contribution in [0.4, 0.5) is 5.69 Å². The Morgan fingerprint density at radius 3 is 2.47 bits per heavy atom. The Hall–Kier alpha value is -3.73. The topological polar surface area (TPSA) is 65.5 Å². The van der Waals surface area contributed by atoms with Gasteiger partial charge in [-0.05, 0) is 60.0 Å². The van der Waals surface area contributed by atoms with Crippen molar-refractivity contribution in [1.29, 1.82) is 0 Å². The average Bonchev–Trinajstić information content (AvgIpc) is 3.17. The Labute approximate surface area is 174 Å². The third-order valence-electron chi connectivity index (χ3n) is 5.91. The summed E-state index contributed by atoms with van der Waals surface area (Å²) in [5.74, 6) is -0.0534. The second-order valence-corrected chi connectivity index (χ2v) is 7.76. The number of amides is 1. The summed E-state index contributed by atoms with van der Waals surface area (Å²) in [5.41, 5.74) is 6.58. The molecule has 4 aromatic rings. The van der Waals surface area contributed by atoms with Gasteiger partial charge in [0.2, 0.25) is 0 Å². The molecule has 1 aliphatic heterocycles. The van der Waals surface area contributed by atoms with Crippen molar-refractivity contribution in [2.45, 2.75) is 19.4 Å². The molecule has 2 heterocycles. The normalized spacial score (nSPS) is 15.8. The molecule has 30 heavy (non-hydrogen) atoms. The van der Waals surface area contributed by atoms with Gasteiger partial charge in [0, 0.05) is 28.7 Å². The van der Waals surface area contributed by atoms with Crippen LogP contribution in [-0.4, -0.2) is 22.3 Å². The Balaban J connectivity index is 1.63. The van der Waals surface area contributed by atoms with Crippen LogP contribution in [0.2, 0.25) is 0 Å². The lowest BCUT2D eigenvalue weighted by Gasteiger charge is -2.36. The van der Waals surface area contributed by atoms with Gasteiger partial charge in [0.15, 0.2) is 0 Å². The molecule has 0 spiro atoms. The van der Waals surface area contributed by atoms with E-state index in [1.807, 2.05) is 11.0 Å². The lowest BCUT2D eigenvalue weighted by Crippen LogP contribution is -2.40. The molecular formula is C25H21N3O2. The van der Waals surface area contributed by atoms with Gasteiger partial charge in [-0.1, -0.05) is 48.0 Å². The number of nitroso groups, excluding NO2 is 1. The fourth-order valence-corrected chi connectivity index (χ4v) is 4.39. The van der Waals surface area contributed by atoms with E-state index in [-0.39, 0.29) is 11.9 Å². The van der Waals surface area contributed by atoms with Crippen LogP contribution in [0.25, 0.3) is 10.9 Å². The van der Waals surface area contributed by atoms with Crippen molar-refractivity contribution in [1.82, 2.24) is 9.88 Å². The van der Waals surface area contributed by atoms with E-state index in [2.05, 4.69) is 59.5 Å². The van der Waals surface area contributed by atoms with Crippen LogP contribution in [0.1, 0.15) is 38.8 Å². The van der Waals surface area contributed by atoms with Crippen molar-refractivity contribution in [3.63, 3.8) is 0 Å². The number of nitrogens with zero attached hydrogens (tertiary/aromatic N) is 2. The number of carbonyl (C=O) groups excluding carboxylic acids is 1. The second kappa shape index (κ2) is 7.26. The summed E-state index contributed by atoms with van der Waals surface area (Å²) >= 11 is 0. The number of H-pyrrole nitrogens is 1. The van der Waals surface area contributed by atoms with Crippen LogP contribution in [0.15, 0.2) is 78.0 Å². The highest BCUT2D eigenvalue weighted by Gasteiger charge is 2.34. The summed E-state index contributed by atoms with van der Waals surface area (Å²) in [6, 6.07) is 23.0. The van der Waals surface area contributed by atoms with Crippen LogP contribution in [-0.2, 0) is 6.42 Å². The minimum absolute atomic E-state index is 0.0534. The number of aromatic amines is 1. The van der Waals surface area contributed by atoms with Gasteiger partial charge in [-0.2, -0.15) is 0 Å². The van der Waals surface area contributed by atoms with Crippen molar-refractivity contribution in [3.05, 3.63) is 106 Å². The predicted molar refractivity (Wildman–Crippen MR) is 118 cm³/mol. The van der Waals surface area contributed by atoms with Gasteiger partial charge in [0.1, 0.15) is 5.69 Å². The molecule has 148 valence electrons. The van der Waals surface area contributed by atoms with E-state index in [4.69, 9.17) is 0 Å². The van der Waals surface area contributed by atoms with Crippen LogP contribution in [0.5, 0.6) is 0 Å². The standard InChI is InChI=1S/C25H21N3O2/c1-16-6-8-17(9-7-16)24-23-21(20-4-2-3-5-22(20)26-23)14-15-28(24)25(29)18-10-12-19(27-30)13-11-18/h2-13,24,26H,14-15H2,1H3. The second-order valence-electron chi connectivity index (χ2n) is 7.76. The van der Waals surface area contributed by atoms with Gasteiger partial charge in [0.05, 0.1) is 6.04 Å². The smallest absolute Gasteiger partial charge is 0.254 e. The number of hydrogen-bond donors (Lipinski definition) is 1. The molecule has 1 N–H and O–H groups in total. The van der Waals surface area contributed by atoms with E-state index < -0.39 is 0 Å². The highest BCUT2D eigenvalue weighted by atomic mass is 16.3. The third-order valence-corrected chi connectivity index (χ3v) is 5.91. The first kappa shape index (κ1) is 18.3. The molecule has 5 heteroatoms. The number of fused-ring (bicyclic) bond motifs is 3. The molecule has 5 nitrogen and oxygen atoms in total. The molecule has 1 atom stereocenters. The van der Waals surface area contributed by atoms with E-state index >= 15 is 0 Å². The molecule has 0 bridgehead atoms. The lowest BCUT2D eigenvalue weighted by molar-refractivity contribution is 0.0692. The van der Waals surface area contributed by atoms with Crippen molar-refractivity contribution in [3.8, 4) is 0 Å². The molecule has 3 aromatic carbocycles. The summed E-state index contributed by atoms with van der Waals surface area (Å²) in [7, 11) is 0. The number of para-hydroxylation sites is 1. The molecule has 5 rings (SSSR count). The first-order valence-electron chi connectivity index (χ1n) is 10.1. The van der Waals surface area contributed by atoms with Gasteiger partial charge in [0.25, 0.3) is 5.91 Å². The van der Waals surface area contributed by atoms with Crippen LogP contribution in [0, 0.1) is 11.8 Å². The first-order chi connectivity index (χ1) is 14.7. The minimum atomic E-state index is -0.196. The molecule has 0 saturated heterocycles. The Bertz CT molecular complexity index is 1240. The summed E-state index contributed by atoms with van der Waals surface area (Å²) in [6.45, 7) is 2.68. The van der Waals surface area contributed by atoms with E-state index in [0.717, 1.165) is 23.2 Å². The van der Waals surface area contributed by atoms with Crippen molar-refractivity contribution in [2.24, 2.45) is 5.18 Å². The number of hydrogen-bond acceptors (Lipinski definition) is 3. The molecule has 0 aliphatic carbocycles. The summed E-state index contributed by atoms with van der Waals surface area (Å²) in [5, 5.41) is 4.15. The summed E-state index contributed by atoms with van der Waals surface area (Å²) < 4.78 is 0. The molecule has 0 fully saturated rings. The van der Waals surface area contributed by atoms with Crippen molar-refractivity contribution >= 4 is 22.5 Å². The maximum Gasteiger partial charge on any atom is 0.254 e. The van der Waals surface area contributed by atoms with E-state index in [0.29, 0.717) is 17.8 Å². The summed E-state index contributed by atoms with van der Waals surface area (Å²) in [6.07, 6.45) is 0.793. The van der Waals surface area contributed by atoms with Gasteiger partial charge >= 0.3 is 0 Å². The fraction of sp³-hybridized carbons (Fsp3) is 0.160.